The third-order valence-electron chi connectivity index (χ3n) is 3.60. The third kappa shape index (κ3) is 4.26. The van der Waals surface area contributed by atoms with Crippen molar-refractivity contribution in [2.24, 2.45) is 5.92 Å². The second-order valence-electron chi connectivity index (χ2n) is 5.69. The number of benzene rings is 1. The molecule has 1 aliphatic heterocycles. The van der Waals surface area contributed by atoms with Gasteiger partial charge in [0.2, 0.25) is 0 Å². The summed E-state index contributed by atoms with van der Waals surface area (Å²) in [7, 11) is 0. The number of piperazine rings is 1. The normalized spacial score (nSPS) is 21.0. The first-order valence-corrected chi connectivity index (χ1v) is 7.74. The molecule has 1 N–H and O–H groups in total. The molecule has 1 aromatic carbocycles. The molecule has 2 rings (SSSR count). The summed E-state index contributed by atoms with van der Waals surface area (Å²) in [6.45, 7) is 8.19. The summed E-state index contributed by atoms with van der Waals surface area (Å²) in [4.78, 5) is 2.41. The Labute approximate surface area is 123 Å². The number of nitrogens with one attached hydrogen (secondary N) is 1. The van der Waals surface area contributed by atoms with Gasteiger partial charge in [-0.25, -0.2) is 4.39 Å². The average molecular weight is 329 g/mol. The van der Waals surface area contributed by atoms with Gasteiger partial charge in [0.15, 0.2) is 0 Å². The topological polar surface area (TPSA) is 15.3 Å². The zero-order chi connectivity index (χ0) is 13.8. The Hall–Kier alpha value is -0.450. The molecule has 0 spiro atoms. The zero-order valence-electron chi connectivity index (χ0n) is 11.6. The van der Waals surface area contributed by atoms with Crippen LogP contribution < -0.4 is 5.32 Å². The van der Waals surface area contributed by atoms with E-state index in [1.807, 2.05) is 12.1 Å². The molecule has 0 aromatic heterocycles. The molecular formula is C15H22BrFN2. The molecule has 0 saturated carbocycles. The van der Waals surface area contributed by atoms with Gasteiger partial charge in [-0.1, -0.05) is 35.8 Å². The van der Waals surface area contributed by atoms with Crippen LogP contribution in [0.3, 0.4) is 0 Å². The summed E-state index contributed by atoms with van der Waals surface area (Å²) in [5.41, 5.74) is 0.791. The highest BCUT2D eigenvalue weighted by molar-refractivity contribution is 9.10. The van der Waals surface area contributed by atoms with Crippen LogP contribution in [0.4, 0.5) is 4.39 Å². The summed E-state index contributed by atoms with van der Waals surface area (Å²) in [6.07, 6.45) is 1.16. The first-order valence-electron chi connectivity index (χ1n) is 6.95. The Kier molecular flexibility index (Phi) is 5.37. The molecule has 1 atom stereocenters. The van der Waals surface area contributed by atoms with Crippen molar-refractivity contribution in [2.75, 3.05) is 19.6 Å². The van der Waals surface area contributed by atoms with Gasteiger partial charge in [-0.2, -0.15) is 0 Å². The Morgan fingerprint density at radius 1 is 1.47 bits per heavy atom. The summed E-state index contributed by atoms with van der Waals surface area (Å²) in [5.74, 6) is 0.554. The van der Waals surface area contributed by atoms with Crippen LogP contribution in [0, 0.1) is 11.7 Å². The van der Waals surface area contributed by atoms with Crippen LogP contribution in [0.1, 0.15) is 25.8 Å². The van der Waals surface area contributed by atoms with Crippen LogP contribution in [0.2, 0.25) is 0 Å². The summed E-state index contributed by atoms with van der Waals surface area (Å²) >= 11 is 3.30. The van der Waals surface area contributed by atoms with E-state index in [0.29, 0.717) is 18.5 Å². The second-order valence-corrected chi connectivity index (χ2v) is 6.61. The Morgan fingerprint density at radius 2 is 2.26 bits per heavy atom. The van der Waals surface area contributed by atoms with Crippen LogP contribution in [-0.4, -0.2) is 30.6 Å². The van der Waals surface area contributed by atoms with E-state index in [-0.39, 0.29) is 5.82 Å². The lowest BCUT2D eigenvalue weighted by atomic mass is 10.00. The van der Waals surface area contributed by atoms with Crippen molar-refractivity contribution in [3.63, 3.8) is 0 Å². The molecule has 0 amide bonds. The largest absolute Gasteiger partial charge is 0.314 e. The lowest BCUT2D eigenvalue weighted by molar-refractivity contribution is 0.132. The third-order valence-corrected chi connectivity index (χ3v) is 4.10. The van der Waals surface area contributed by atoms with Crippen molar-refractivity contribution in [3.05, 3.63) is 34.1 Å². The van der Waals surface area contributed by atoms with Gasteiger partial charge in [-0.15, -0.1) is 0 Å². The van der Waals surface area contributed by atoms with Gasteiger partial charge in [-0.3, -0.25) is 4.90 Å². The minimum Gasteiger partial charge on any atom is -0.314 e. The van der Waals surface area contributed by atoms with Crippen molar-refractivity contribution in [2.45, 2.75) is 32.9 Å². The minimum absolute atomic E-state index is 0.115. The van der Waals surface area contributed by atoms with E-state index in [1.165, 1.54) is 0 Å². The monoisotopic (exact) mass is 328 g/mol. The van der Waals surface area contributed by atoms with E-state index in [2.05, 4.69) is 40.0 Å². The highest BCUT2D eigenvalue weighted by Crippen LogP contribution is 2.20. The van der Waals surface area contributed by atoms with E-state index >= 15 is 0 Å². The molecule has 1 saturated heterocycles. The highest BCUT2D eigenvalue weighted by Gasteiger charge is 2.23. The van der Waals surface area contributed by atoms with Crippen molar-refractivity contribution in [1.82, 2.24) is 10.2 Å². The molecule has 1 unspecified atom stereocenters. The van der Waals surface area contributed by atoms with E-state index in [0.717, 1.165) is 36.1 Å². The molecule has 1 fully saturated rings. The molecular weight excluding hydrogens is 307 g/mol. The van der Waals surface area contributed by atoms with E-state index < -0.39 is 0 Å². The van der Waals surface area contributed by atoms with Crippen LogP contribution in [0.15, 0.2) is 22.7 Å². The van der Waals surface area contributed by atoms with Crippen LogP contribution >= 0.6 is 15.9 Å². The quantitative estimate of drug-likeness (QED) is 0.911. The number of nitrogens with zero attached hydrogens (tertiary/aromatic N) is 1. The Bertz CT molecular complexity index is 423. The number of rotatable bonds is 4. The molecule has 0 radical (unpaired) electrons. The number of hydrogen-bond donors (Lipinski definition) is 1. The Morgan fingerprint density at radius 3 is 2.95 bits per heavy atom. The second kappa shape index (κ2) is 6.82. The summed E-state index contributed by atoms with van der Waals surface area (Å²) in [5, 5.41) is 3.44. The van der Waals surface area contributed by atoms with E-state index in [4.69, 9.17) is 0 Å². The van der Waals surface area contributed by atoms with Crippen LogP contribution in [0.5, 0.6) is 0 Å². The molecule has 0 bridgehead atoms. The number of hydrogen-bond acceptors (Lipinski definition) is 2. The SMILES string of the molecule is CC(C)CC1CNCCN1Cc1ccc(Br)cc1F. The van der Waals surface area contributed by atoms with Gasteiger partial charge < -0.3 is 5.32 Å². The lowest BCUT2D eigenvalue weighted by Crippen LogP contribution is -2.51. The zero-order valence-corrected chi connectivity index (χ0v) is 13.2. The van der Waals surface area contributed by atoms with Gasteiger partial charge in [0.1, 0.15) is 5.82 Å². The van der Waals surface area contributed by atoms with Crippen molar-refractivity contribution in [1.29, 1.82) is 0 Å². The summed E-state index contributed by atoms with van der Waals surface area (Å²) in [6, 6.07) is 5.86. The maximum absolute atomic E-state index is 13.9. The maximum Gasteiger partial charge on any atom is 0.128 e. The van der Waals surface area contributed by atoms with Crippen LogP contribution in [-0.2, 0) is 6.54 Å². The maximum atomic E-state index is 13.9. The smallest absolute Gasteiger partial charge is 0.128 e. The molecule has 106 valence electrons. The molecule has 4 heteroatoms. The predicted molar refractivity (Wildman–Crippen MR) is 80.6 cm³/mol. The van der Waals surface area contributed by atoms with Gasteiger partial charge in [0, 0.05) is 42.3 Å². The first kappa shape index (κ1) is 14.9. The molecule has 1 heterocycles. The van der Waals surface area contributed by atoms with Crippen molar-refractivity contribution in [3.8, 4) is 0 Å². The van der Waals surface area contributed by atoms with Gasteiger partial charge in [-0.05, 0) is 24.5 Å². The van der Waals surface area contributed by atoms with E-state index in [9.17, 15) is 4.39 Å². The minimum atomic E-state index is -0.115. The fourth-order valence-electron chi connectivity index (χ4n) is 2.66. The average Bonchev–Trinajstić information content (AvgIpc) is 2.34. The standard InChI is InChI=1S/C15H22BrFN2/c1-11(2)7-14-9-18-5-6-19(14)10-12-3-4-13(16)8-15(12)17/h3-4,8,11,14,18H,5-7,9-10H2,1-2H3. The van der Waals surface area contributed by atoms with Crippen molar-refractivity contribution >= 4 is 15.9 Å². The first-order chi connectivity index (χ1) is 9.06. The Balaban J connectivity index is 2.06. The predicted octanol–water partition coefficient (Wildman–Crippen LogP) is 3.41. The number of halogens is 2. The van der Waals surface area contributed by atoms with E-state index in [1.54, 1.807) is 6.07 Å². The molecule has 0 aliphatic carbocycles. The fourth-order valence-corrected chi connectivity index (χ4v) is 2.99. The summed E-state index contributed by atoms with van der Waals surface area (Å²) < 4.78 is 14.7. The molecule has 1 aromatic rings. The lowest BCUT2D eigenvalue weighted by Gasteiger charge is -2.37. The molecule has 19 heavy (non-hydrogen) atoms. The van der Waals surface area contributed by atoms with Gasteiger partial charge in [0.25, 0.3) is 0 Å². The van der Waals surface area contributed by atoms with Crippen LogP contribution in [0.25, 0.3) is 0 Å². The van der Waals surface area contributed by atoms with Crippen molar-refractivity contribution < 1.29 is 4.39 Å². The fraction of sp³-hybridized carbons (Fsp3) is 0.600. The highest BCUT2D eigenvalue weighted by atomic mass is 79.9. The van der Waals surface area contributed by atoms with Gasteiger partial charge >= 0.3 is 0 Å². The molecule has 1 aliphatic rings. The van der Waals surface area contributed by atoms with Gasteiger partial charge in [0.05, 0.1) is 0 Å². The molecule has 2 nitrogen and oxygen atoms in total.